The lowest BCUT2D eigenvalue weighted by molar-refractivity contribution is 0.117. The van der Waals surface area contributed by atoms with Crippen LogP contribution < -0.4 is 16.2 Å². The van der Waals surface area contributed by atoms with Gasteiger partial charge in [0, 0.05) is 31.7 Å². The van der Waals surface area contributed by atoms with Gasteiger partial charge in [-0.3, -0.25) is 0 Å². The number of nitrogens with zero attached hydrogens (tertiary/aromatic N) is 1. The maximum absolute atomic E-state index is 12.4. The lowest BCUT2D eigenvalue weighted by atomic mass is 9.94. The van der Waals surface area contributed by atoms with Crippen molar-refractivity contribution in [1.29, 1.82) is 0 Å². The van der Waals surface area contributed by atoms with Crippen molar-refractivity contribution in [3.63, 3.8) is 0 Å². The fraction of sp³-hybridized carbons (Fsp3) is 0.600. The average molecular weight is 278 g/mol. The Balaban J connectivity index is 2.63. The molecule has 1 aliphatic heterocycles. The Kier molecular flexibility index (Phi) is 6.10. The molecule has 1 fully saturated rings. The maximum atomic E-state index is 12.4. The van der Waals surface area contributed by atoms with E-state index in [4.69, 9.17) is 11.5 Å². The number of aliphatic hydroxyl groups is 1. The van der Waals surface area contributed by atoms with Gasteiger partial charge < -0.3 is 21.5 Å². The second kappa shape index (κ2) is 7.34. The Bertz CT molecular complexity index is 351. The molecule has 0 saturated carbocycles. The largest absolute Gasteiger partial charge is 0.405 e. The SMILES string of the molecule is N/C=C\C=C(/N)N1CCC(NS(=O)F)C(CO)C1. The van der Waals surface area contributed by atoms with Crippen molar-refractivity contribution >= 4 is 11.4 Å². The molecule has 0 aromatic heterocycles. The lowest BCUT2D eigenvalue weighted by Gasteiger charge is -2.38. The highest BCUT2D eigenvalue weighted by Crippen LogP contribution is 2.19. The van der Waals surface area contributed by atoms with Crippen LogP contribution in [0.5, 0.6) is 0 Å². The van der Waals surface area contributed by atoms with E-state index >= 15 is 0 Å². The van der Waals surface area contributed by atoms with Crippen molar-refractivity contribution < 1.29 is 13.2 Å². The molecule has 6 nitrogen and oxygen atoms in total. The van der Waals surface area contributed by atoms with E-state index in [1.54, 1.807) is 12.2 Å². The summed E-state index contributed by atoms with van der Waals surface area (Å²) in [4.78, 5) is 1.88. The summed E-state index contributed by atoms with van der Waals surface area (Å²) in [6.07, 6.45) is 5.21. The Morgan fingerprint density at radius 2 is 2.39 bits per heavy atom. The first-order valence-electron chi connectivity index (χ1n) is 5.62. The van der Waals surface area contributed by atoms with Crippen LogP contribution in [0, 0.1) is 5.92 Å². The molecule has 0 aliphatic carbocycles. The van der Waals surface area contributed by atoms with E-state index in [2.05, 4.69) is 4.72 Å². The molecular weight excluding hydrogens is 259 g/mol. The summed E-state index contributed by atoms with van der Waals surface area (Å²) < 4.78 is 25.2. The third kappa shape index (κ3) is 4.28. The zero-order valence-electron chi connectivity index (χ0n) is 9.96. The van der Waals surface area contributed by atoms with Crippen LogP contribution in [0.15, 0.2) is 24.2 Å². The number of hydrogen-bond acceptors (Lipinski definition) is 5. The van der Waals surface area contributed by atoms with Gasteiger partial charge in [0.2, 0.25) is 0 Å². The molecule has 3 unspecified atom stereocenters. The lowest BCUT2D eigenvalue weighted by Crippen LogP contribution is -2.51. The summed E-state index contributed by atoms with van der Waals surface area (Å²) in [6, 6.07) is -0.310. The van der Waals surface area contributed by atoms with Crippen LogP contribution >= 0.6 is 0 Å². The standard InChI is InChI=1S/C10H19FN4O2S/c11-18(17)14-9-3-5-15(6-8(9)7-16)10(13)2-1-4-12/h1-2,4,8-9,14,16H,3,5-7,12-13H2/b4-1-,10-2+. The Hall–Kier alpha value is -1.12. The van der Waals surface area contributed by atoms with Crippen LogP contribution in [0.2, 0.25) is 0 Å². The zero-order chi connectivity index (χ0) is 13.5. The fourth-order valence-corrected chi connectivity index (χ4v) is 2.53. The molecular formula is C10H19FN4O2S. The first-order chi connectivity index (χ1) is 8.58. The minimum Gasteiger partial charge on any atom is -0.405 e. The monoisotopic (exact) mass is 278 g/mol. The fourth-order valence-electron chi connectivity index (χ4n) is 1.99. The number of halogens is 1. The Morgan fingerprint density at radius 3 is 2.94 bits per heavy atom. The number of aliphatic hydroxyl groups excluding tert-OH is 1. The van der Waals surface area contributed by atoms with Gasteiger partial charge >= 0.3 is 0 Å². The first kappa shape index (κ1) is 14.9. The number of allylic oxidation sites excluding steroid dienone is 2. The molecule has 18 heavy (non-hydrogen) atoms. The molecule has 1 heterocycles. The van der Waals surface area contributed by atoms with E-state index in [0.717, 1.165) is 0 Å². The van der Waals surface area contributed by atoms with E-state index < -0.39 is 11.4 Å². The van der Waals surface area contributed by atoms with Gasteiger partial charge in [-0.1, -0.05) is 0 Å². The van der Waals surface area contributed by atoms with Gasteiger partial charge in [0.1, 0.15) is 0 Å². The first-order valence-corrected chi connectivity index (χ1v) is 6.67. The van der Waals surface area contributed by atoms with Crippen LogP contribution in [0.25, 0.3) is 0 Å². The Morgan fingerprint density at radius 1 is 1.67 bits per heavy atom. The smallest absolute Gasteiger partial charge is 0.274 e. The minimum absolute atomic E-state index is 0.120. The number of hydrogen-bond donors (Lipinski definition) is 4. The highest BCUT2D eigenvalue weighted by atomic mass is 32.2. The Labute approximate surface area is 108 Å². The summed E-state index contributed by atoms with van der Waals surface area (Å²) in [5.74, 6) is 0.322. The summed E-state index contributed by atoms with van der Waals surface area (Å²) in [5, 5.41) is 9.27. The van der Waals surface area contributed by atoms with Crippen LogP contribution in [0.3, 0.4) is 0 Å². The van der Waals surface area contributed by atoms with Crippen molar-refractivity contribution in [2.24, 2.45) is 17.4 Å². The van der Waals surface area contributed by atoms with Crippen LogP contribution in [0.1, 0.15) is 6.42 Å². The summed E-state index contributed by atoms with van der Waals surface area (Å²) >= 11 is -2.57. The normalized spacial score (nSPS) is 27.7. The van der Waals surface area contributed by atoms with Crippen molar-refractivity contribution in [2.75, 3.05) is 19.7 Å². The van der Waals surface area contributed by atoms with E-state index in [1.807, 2.05) is 4.90 Å². The molecule has 104 valence electrons. The third-order valence-corrected chi connectivity index (χ3v) is 3.44. The highest BCUT2D eigenvalue weighted by Gasteiger charge is 2.30. The van der Waals surface area contributed by atoms with Gasteiger partial charge in [-0.15, -0.1) is 3.89 Å². The van der Waals surface area contributed by atoms with Gasteiger partial charge in [0.25, 0.3) is 11.4 Å². The topological polar surface area (TPSA) is 105 Å². The third-order valence-electron chi connectivity index (χ3n) is 2.96. The molecule has 0 aromatic carbocycles. The van der Waals surface area contributed by atoms with E-state index in [-0.39, 0.29) is 18.6 Å². The minimum atomic E-state index is -2.57. The van der Waals surface area contributed by atoms with Gasteiger partial charge in [0.15, 0.2) is 0 Å². The second-order valence-corrected chi connectivity index (χ2v) is 4.78. The molecule has 1 saturated heterocycles. The van der Waals surface area contributed by atoms with Crippen molar-refractivity contribution in [3.8, 4) is 0 Å². The predicted molar refractivity (Wildman–Crippen MR) is 68.5 cm³/mol. The molecule has 0 spiro atoms. The quantitative estimate of drug-likeness (QED) is 0.384. The summed E-state index contributed by atoms with van der Waals surface area (Å²) in [5.41, 5.74) is 11.1. The van der Waals surface area contributed by atoms with E-state index in [1.165, 1.54) is 6.20 Å². The van der Waals surface area contributed by atoms with Crippen LogP contribution in [-0.4, -0.2) is 40.0 Å². The molecule has 0 aromatic rings. The van der Waals surface area contributed by atoms with Crippen LogP contribution in [-0.2, 0) is 11.4 Å². The number of rotatable bonds is 5. The molecule has 6 N–H and O–H groups in total. The van der Waals surface area contributed by atoms with Gasteiger partial charge in [-0.25, -0.2) is 8.93 Å². The second-order valence-electron chi connectivity index (χ2n) is 4.10. The van der Waals surface area contributed by atoms with Gasteiger partial charge in [-0.05, 0) is 24.8 Å². The number of likely N-dealkylation sites (tertiary alicyclic amines) is 1. The average Bonchev–Trinajstić information content (AvgIpc) is 2.35. The van der Waals surface area contributed by atoms with Crippen molar-refractivity contribution in [3.05, 3.63) is 24.2 Å². The molecule has 1 rings (SSSR count). The van der Waals surface area contributed by atoms with E-state index in [0.29, 0.717) is 25.3 Å². The highest BCUT2D eigenvalue weighted by molar-refractivity contribution is 7.77. The number of nitrogens with two attached hydrogens (primary N) is 2. The molecule has 1 aliphatic rings. The maximum Gasteiger partial charge on any atom is 0.274 e. The molecule has 3 atom stereocenters. The van der Waals surface area contributed by atoms with Gasteiger partial charge in [-0.2, -0.15) is 0 Å². The zero-order valence-corrected chi connectivity index (χ0v) is 10.8. The molecule has 0 amide bonds. The number of piperidine rings is 1. The molecule has 0 bridgehead atoms. The summed E-state index contributed by atoms with van der Waals surface area (Å²) in [6.45, 7) is 0.962. The summed E-state index contributed by atoms with van der Waals surface area (Å²) in [7, 11) is 0. The van der Waals surface area contributed by atoms with Crippen LogP contribution in [0.4, 0.5) is 3.89 Å². The van der Waals surface area contributed by atoms with Crippen molar-refractivity contribution in [2.45, 2.75) is 12.5 Å². The number of nitrogens with one attached hydrogen (secondary N) is 1. The van der Waals surface area contributed by atoms with Gasteiger partial charge in [0.05, 0.1) is 5.82 Å². The predicted octanol–water partition coefficient (Wildman–Crippen LogP) is -0.920. The molecule has 0 radical (unpaired) electrons. The van der Waals surface area contributed by atoms with E-state index in [9.17, 15) is 13.2 Å². The molecule has 8 heteroatoms. The van der Waals surface area contributed by atoms with Crippen molar-refractivity contribution in [1.82, 2.24) is 9.62 Å².